The Morgan fingerprint density at radius 3 is 2.81 bits per heavy atom. The molecule has 2 aliphatic rings. The molecule has 1 aliphatic carbocycles. The van der Waals surface area contributed by atoms with E-state index in [0.29, 0.717) is 16.9 Å². The van der Waals surface area contributed by atoms with Crippen molar-refractivity contribution in [2.45, 2.75) is 43.9 Å². The second-order valence-corrected chi connectivity index (χ2v) is 5.90. The Kier molecular flexibility index (Phi) is 3.97. The quantitative estimate of drug-likeness (QED) is 0.573. The van der Waals surface area contributed by atoms with Crippen LogP contribution in [0.25, 0.3) is 0 Å². The van der Waals surface area contributed by atoms with E-state index in [9.17, 15) is 4.79 Å². The van der Waals surface area contributed by atoms with E-state index in [1.54, 1.807) is 4.90 Å². The molecule has 5 heteroatoms. The second kappa shape index (κ2) is 5.27. The summed E-state index contributed by atoms with van der Waals surface area (Å²) >= 11 is 6.60. The highest BCUT2D eigenvalue weighted by molar-refractivity contribution is 8.24. The molecule has 0 spiro atoms. The van der Waals surface area contributed by atoms with Crippen molar-refractivity contribution in [3.8, 4) is 0 Å². The van der Waals surface area contributed by atoms with Crippen molar-refractivity contribution < 1.29 is 4.79 Å². The summed E-state index contributed by atoms with van der Waals surface area (Å²) in [5.41, 5.74) is 0. The predicted octanol–water partition coefficient (Wildman–Crippen LogP) is 2.25. The molecule has 2 fully saturated rings. The summed E-state index contributed by atoms with van der Waals surface area (Å²) < 4.78 is 0.690. The number of hydrogen-bond donors (Lipinski definition) is 0. The number of nitrogens with zero attached hydrogens (tertiary/aromatic N) is 2. The van der Waals surface area contributed by atoms with Crippen molar-refractivity contribution in [3.63, 3.8) is 0 Å². The Morgan fingerprint density at radius 1 is 1.56 bits per heavy atom. The lowest BCUT2D eigenvalue weighted by molar-refractivity contribution is -0.124. The van der Waals surface area contributed by atoms with Crippen LogP contribution in [0.3, 0.4) is 0 Å². The molecule has 1 atom stereocenters. The molecule has 16 heavy (non-hydrogen) atoms. The molecular formula is C11H16N2OS2. The molecule has 0 unspecified atom stereocenters. The van der Waals surface area contributed by atoms with Gasteiger partial charge in [-0.25, -0.2) is 0 Å². The Bertz CT molecular complexity index is 324. The molecule has 2 rings (SSSR count). The monoisotopic (exact) mass is 256 g/mol. The van der Waals surface area contributed by atoms with Gasteiger partial charge in [-0.1, -0.05) is 36.8 Å². The van der Waals surface area contributed by atoms with Crippen molar-refractivity contribution in [1.82, 2.24) is 4.90 Å². The van der Waals surface area contributed by atoms with E-state index in [-0.39, 0.29) is 11.2 Å². The zero-order valence-electron chi connectivity index (χ0n) is 9.39. The van der Waals surface area contributed by atoms with Gasteiger partial charge >= 0.3 is 0 Å². The molecule has 1 amide bonds. The van der Waals surface area contributed by atoms with E-state index in [2.05, 4.69) is 4.99 Å². The SMILES string of the molecule is CCN1C(=O)[C@@H](C=NC2CCCC2)SC1=S. The molecule has 1 aliphatic heterocycles. The van der Waals surface area contributed by atoms with E-state index in [1.807, 2.05) is 13.1 Å². The van der Waals surface area contributed by atoms with Crippen LogP contribution >= 0.6 is 24.0 Å². The van der Waals surface area contributed by atoms with Crippen molar-refractivity contribution in [3.05, 3.63) is 0 Å². The average molecular weight is 256 g/mol. The highest BCUT2D eigenvalue weighted by Gasteiger charge is 2.34. The van der Waals surface area contributed by atoms with Crippen LogP contribution < -0.4 is 0 Å². The van der Waals surface area contributed by atoms with E-state index in [4.69, 9.17) is 12.2 Å². The number of hydrogen-bond acceptors (Lipinski definition) is 4. The molecule has 0 bridgehead atoms. The van der Waals surface area contributed by atoms with Gasteiger partial charge in [-0.3, -0.25) is 14.7 Å². The van der Waals surface area contributed by atoms with Crippen LogP contribution in [0.5, 0.6) is 0 Å². The largest absolute Gasteiger partial charge is 0.297 e. The van der Waals surface area contributed by atoms with Gasteiger partial charge < -0.3 is 0 Å². The summed E-state index contributed by atoms with van der Waals surface area (Å²) in [5, 5.41) is -0.173. The van der Waals surface area contributed by atoms with Gasteiger partial charge in [-0.05, 0) is 19.8 Å². The molecule has 1 heterocycles. The van der Waals surface area contributed by atoms with Gasteiger partial charge in [0.2, 0.25) is 5.91 Å². The van der Waals surface area contributed by atoms with Crippen LogP contribution in [0.15, 0.2) is 4.99 Å². The molecule has 0 aromatic heterocycles. The van der Waals surface area contributed by atoms with Crippen molar-refractivity contribution in [2.75, 3.05) is 6.54 Å². The summed E-state index contributed by atoms with van der Waals surface area (Å²) in [7, 11) is 0. The number of rotatable bonds is 3. The van der Waals surface area contributed by atoms with Crippen LogP contribution in [0.4, 0.5) is 0 Å². The van der Waals surface area contributed by atoms with E-state index in [0.717, 1.165) is 0 Å². The third-order valence-corrected chi connectivity index (χ3v) is 4.54. The standard InChI is InChI=1S/C11H16N2OS2/c1-2-13-10(14)9(16-11(13)15)7-12-8-5-3-4-6-8/h7-9H,2-6H2,1H3/t9-/m1/s1. The topological polar surface area (TPSA) is 32.7 Å². The third-order valence-electron chi connectivity index (χ3n) is 3.03. The first kappa shape index (κ1) is 12.0. The minimum atomic E-state index is -0.173. The smallest absolute Gasteiger partial charge is 0.247 e. The van der Waals surface area contributed by atoms with Gasteiger partial charge in [-0.2, -0.15) is 0 Å². The fourth-order valence-electron chi connectivity index (χ4n) is 2.10. The van der Waals surface area contributed by atoms with Gasteiger partial charge in [0, 0.05) is 18.8 Å². The minimum Gasteiger partial charge on any atom is -0.297 e. The maximum Gasteiger partial charge on any atom is 0.247 e. The Labute approximate surface area is 106 Å². The fourth-order valence-corrected chi connectivity index (χ4v) is 3.55. The molecule has 0 N–H and O–H groups in total. The highest BCUT2D eigenvalue weighted by atomic mass is 32.2. The van der Waals surface area contributed by atoms with Crippen molar-refractivity contribution >= 4 is 40.4 Å². The van der Waals surface area contributed by atoms with Crippen LogP contribution in [0, 0.1) is 0 Å². The molecule has 0 aromatic rings. The van der Waals surface area contributed by atoms with Gasteiger partial charge in [0.25, 0.3) is 0 Å². The summed E-state index contributed by atoms with van der Waals surface area (Å²) in [6.07, 6.45) is 6.69. The lowest BCUT2D eigenvalue weighted by Crippen LogP contribution is -2.31. The van der Waals surface area contributed by atoms with Gasteiger partial charge in [0.15, 0.2) is 0 Å². The number of thiocarbonyl (C=S) groups is 1. The Morgan fingerprint density at radius 2 is 2.25 bits per heavy atom. The number of carbonyl (C=O) groups excluding carboxylic acids is 1. The maximum absolute atomic E-state index is 11.9. The molecule has 0 radical (unpaired) electrons. The molecular weight excluding hydrogens is 240 g/mol. The number of aliphatic imine (C=N–C) groups is 1. The average Bonchev–Trinajstić information content (AvgIpc) is 2.85. The van der Waals surface area contributed by atoms with Crippen molar-refractivity contribution in [2.24, 2.45) is 4.99 Å². The predicted molar refractivity (Wildman–Crippen MR) is 72.1 cm³/mol. The third kappa shape index (κ3) is 2.46. The number of thioether (sulfide) groups is 1. The first-order valence-corrected chi connectivity index (χ1v) is 7.06. The zero-order valence-corrected chi connectivity index (χ0v) is 11.0. The second-order valence-electron chi connectivity index (χ2n) is 4.12. The van der Waals surface area contributed by atoms with Gasteiger partial charge in [0.05, 0.1) is 0 Å². The van der Waals surface area contributed by atoms with Crippen LogP contribution in [-0.4, -0.2) is 39.2 Å². The molecule has 1 saturated heterocycles. The summed E-state index contributed by atoms with van der Waals surface area (Å²) in [6, 6.07) is 0.442. The van der Waals surface area contributed by atoms with Crippen molar-refractivity contribution in [1.29, 1.82) is 0 Å². The Hall–Kier alpha value is -0.420. The summed E-state index contributed by atoms with van der Waals surface area (Å²) in [5.74, 6) is 0.0965. The highest BCUT2D eigenvalue weighted by Crippen LogP contribution is 2.27. The lowest BCUT2D eigenvalue weighted by atomic mass is 10.3. The van der Waals surface area contributed by atoms with Crippen LogP contribution in [0.1, 0.15) is 32.6 Å². The molecule has 0 aromatic carbocycles. The molecule has 1 saturated carbocycles. The summed E-state index contributed by atoms with van der Waals surface area (Å²) in [4.78, 5) is 18.0. The van der Waals surface area contributed by atoms with Crippen LogP contribution in [0.2, 0.25) is 0 Å². The molecule has 3 nitrogen and oxygen atoms in total. The normalized spacial score (nSPS) is 27.6. The molecule has 88 valence electrons. The number of carbonyl (C=O) groups is 1. The van der Waals surface area contributed by atoms with Gasteiger partial charge in [-0.15, -0.1) is 0 Å². The van der Waals surface area contributed by atoms with E-state index < -0.39 is 0 Å². The van der Waals surface area contributed by atoms with Crippen LogP contribution in [-0.2, 0) is 4.79 Å². The van der Waals surface area contributed by atoms with E-state index >= 15 is 0 Å². The lowest BCUT2D eigenvalue weighted by Gasteiger charge is -2.10. The fraction of sp³-hybridized carbons (Fsp3) is 0.727. The minimum absolute atomic E-state index is 0.0965. The van der Waals surface area contributed by atoms with E-state index in [1.165, 1.54) is 37.4 Å². The first-order chi connectivity index (χ1) is 7.72. The first-order valence-electron chi connectivity index (χ1n) is 5.77. The maximum atomic E-state index is 11.9. The number of amides is 1. The Balaban J connectivity index is 1.95. The van der Waals surface area contributed by atoms with Gasteiger partial charge in [0.1, 0.15) is 9.57 Å². The zero-order chi connectivity index (χ0) is 11.5. The summed E-state index contributed by atoms with van der Waals surface area (Å²) in [6.45, 7) is 2.61.